The minimum Gasteiger partial charge on any atom is -0.497 e. The molecular weight excluding hydrogens is 276 g/mol. The molecule has 0 saturated heterocycles. The Morgan fingerprint density at radius 2 is 2.10 bits per heavy atom. The van der Waals surface area contributed by atoms with Crippen molar-refractivity contribution in [1.82, 2.24) is 5.32 Å². The maximum absolute atomic E-state index is 12.0. The van der Waals surface area contributed by atoms with Crippen LogP contribution in [0.1, 0.15) is 38.7 Å². The summed E-state index contributed by atoms with van der Waals surface area (Å²) in [6, 6.07) is 7.81. The zero-order chi connectivity index (χ0) is 14.5. The van der Waals surface area contributed by atoms with Crippen molar-refractivity contribution in [2.75, 3.05) is 13.7 Å². The number of ether oxygens (including phenoxy) is 1. The Hall–Kier alpha value is -1.26. The molecule has 1 aromatic rings. The first-order valence-electron chi connectivity index (χ1n) is 6.53. The number of nitrogens with two attached hydrogens (primary N) is 1. The van der Waals surface area contributed by atoms with Crippen LogP contribution in [-0.4, -0.2) is 25.1 Å². The Labute approximate surface area is 127 Å². The molecule has 0 aliphatic heterocycles. The zero-order valence-electron chi connectivity index (χ0n) is 12.6. The van der Waals surface area contributed by atoms with E-state index in [0.29, 0.717) is 13.0 Å². The van der Waals surface area contributed by atoms with Crippen LogP contribution in [0, 0.1) is 0 Å². The number of nitrogens with one attached hydrogen (secondary N) is 1. The van der Waals surface area contributed by atoms with E-state index < -0.39 is 0 Å². The molecule has 3 N–H and O–H groups in total. The highest BCUT2D eigenvalue weighted by Crippen LogP contribution is 2.23. The fraction of sp³-hybridized carbons (Fsp3) is 0.533. The lowest BCUT2D eigenvalue weighted by Gasteiger charge is -2.25. The Bertz CT molecular complexity index is 436. The number of hydrogen-bond acceptors (Lipinski definition) is 3. The van der Waals surface area contributed by atoms with Crippen LogP contribution in [0.25, 0.3) is 0 Å². The van der Waals surface area contributed by atoms with Gasteiger partial charge >= 0.3 is 0 Å². The summed E-state index contributed by atoms with van der Waals surface area (Å²) < 4.78 is 5.19. The lowest BCUT2D eigenvalue weighted by atomic mass is 9.96. The molecule has 114 valence electrons. The maximum Gasteiger partial charge on any atom is 0.221 e. The van der Waals surface area contributed by atoms with Gasteiger partial charge in [0, 0.05) is 18.5 Å². The molecule has 0 fully saturated rings. The first-order valence-corrected chi connectivity index (χ1v) is 6.53. The molecule has 1 atom stereocenters. The van der Waals surface area contributed by atoms with Crippen molar-refractivity contribution in [3.63, 3.8) is 0 Å². The molecule has 0 saturated carbocycles. The van der Waals surface area contributed by atoms with Crippen molar-refractivity contribution in [3.8, 4) is 5.75 Å². The summed E-state index contributed by atoms with van der Waals surface area (Å²) in [6.07, 6.45) is 0.441. The first kappa shape index (κ1) is 18.7. The summed E-state index contributed by atoms with van der Waals surface area (Å²) in [5, 5.41) is 2.94. The van der Waals surface area contributed by atoms with Crippen molar-refractivity contribution >= 4 is 18.3 Å². The second-order valence-corrected chi connectivity index (χ2v) is 5.52. The van der Waals surface area contributed by atoms with Crippen LogP contribution in [-0.2, 0) is 4.79 Å². The van der Waals surface area contributed by atoms with Crippen molar-refractivity contribution in [2.45, 2.75) is 38.6 Å². The normalized spacial score (nSPS) is 12.2. The lowest BCUT2D eigenvalue weighted by molar-refractivity contribution is -0.122. The van der Waals surface area contributed by atoms with Gasteiger partial charge in [-0.25, -0.2) is 0 Å². The average molecular weight is 301 g/mol. The first-order chi connectivity index (χ1) is 8.88. The number of amides is 1. The van der Waals surface area contributed by atoms with E-state index >= 15 is 0 Å². The average Bonchev–Trinajstić information content (AvgIpc) is 2.38. The van der Waals surface area contributed by atoms with E-state index in [0.717, 1.165) is 11.3 Å². The summed E-state index contributed by atoms with van der Waals surface area (Å²) in [5.41, 5.74) is 6.34. The molecule has 4 nitrogen and oxygen atoms in total. The van der Waals surface area contributed by atoms with Crippen molar-refractivity contribution in [1.29, 1.82) is 0 Å². The second-order valence-electron chi connectivity index (χ2n) is 5.52. The van der Waals surface area contributed by atoms with Crippen molar-refractivity contribution in [3.05, 3.63) is 29.8 Å². The molecule has 1 amide bonds. The van der Waals surface area contributed by atoms with Gasteiger partial charge in [0.25, 0.3) is 0 Å². The van der Waals surface area contributed by atoms with Crippen LogP contribution in [0.3, 0.4) is 0 Å². The number of benzene rings is 1. The maximum atomic E-state index is 12.0. The number of hydrogen-bond donors (Lipinski definition) is 2. The third-order valence-corrected chi connectivity index (χ3v) is 3.14. The Morgan fingerprint density at radius 1 is 1.45 bits per heavy atom. The Kier molecular flexibility index (Phi) is 7.61. The van der Waals surface area contributed by atoms with Gasteiger partial charge in [0.15, 0.2) is 0 Å². The zero-order valence-corrected chi connectivity index (χ0v) is 13.4. The van der Waals surface area contributed by atoms with Crippen LogP contribution in [0.2, 0.25) is 0 Å². The van der Waals surface area contributed by atoms with Gasteiger partial charge in [-0.2, -0.15) is 0 Å². The smallest absolute Gasteiger partial charge is 0.221 e. The standard InChI is InChI=1S/C15H24N2O2.ClH/c1-11(8-14(18)17-15(2,3)10-16)12-6-5-7-13(9-12)19-4;/h5-7,9,11H,8,10,16H2,1-4H3,(H,17,18);1H. The van der Waals surface area contributed by atoms with E-state index in [4.69, 9.17) is 10.5 Å². The topological polar surface area (TPSA) is 64.3 Å². The van der Waals surface area contributed by atoms with Gasteiger partial charge < -0.3 is 15.8 Å². The molecule has 0 spiro atoms. The third kappa shape index (κ3) is 5.80. The van der Waals surface area contributed by atoms with Crippen LogP contribution in [0.5, 0.6) is 5.75 Å². The Morgan fingerprint density at radius 3 is 2.65 bits per heavy atom. The van der Waals surface area contributed by atoms with Crippen molar-refractivity contribution < 1.29 is 9.53 Å². The van der Waals surface area contributed by atoms with E-state index in [1.54, 1.807) is 7.11 Å². The Balaban J connectivity index is 0.00000361. The lowest BCUT2D eigenvalue weighted by Crippen LogP contribution is -2.49. The number of rotatable bonds is 6. The SMILES string of the molecule is COc1cccc(C(C)CC(=O)NC(C)(C)CN)c1.Cl. The predicted molar refractivity (Wildman–Crippen MR) is 84.6 cm³/mol. The highest BCUT2D eigenvalue weighted by Gasteiger charge is 2.20. The molecule has 0 aromatic heterocycles. The van der Waals surface area contributed by atoms with Crippen LogP contribution in [0.15, 0.2) is 24.3 Å². The van der Waals surface area contributed by atoms with Gasteiger partial charge in [-0.15, -0.1) is 12.4 Å². The van der Waals surface area contributed by atoms with Crippen LogP contribution in [0.4, 0.5) is 0 Å². The molecule has 0 aliphatic rings. The summed E-state index contributed by atoms with van der Waals surface area (Å²) in [7, 11) is 1.64. The molecule has 0 heterocycles. The second kappa shape index (κ2) is 8.12. The monoisotopic (exact) mass is 300 g/mol. The quantitative estimate of drug-likeness (QED) is 0.848. The predicted octanol–water partition coefficient (Wildman–Crippen LogP) is 2.46. The van der Waals surface area contributed by atoms with Gasteiger partial charge in [-0.05, 0) is 37.5 Å². The summed E-state index contributed by atoms with van der Waals surface area (Å²) in [4.78, 5) is 12.0. The van der Waals surface area contributed by atoms with Crippen LogP contribution < -0.4 is 15.8 Å². The minimum atomic E-state index is -0.356. The molecule has 0 bridgehead atoms. The molecule has 1 rings (SSSR count). The van der Waals surface area contributed by atoms with E-state index in [9.17, 15) is 4.79 Å². The number of halogens is 1. The van der Waals surface area contributed by atoms with Gasteiger partial charge in [-0.1, -0.05) is 19.1 Å². The number of carbonyl (C=O) groups is 1. The van der Waals surface area contributed by atoms with E-state index in [2.05, 4.69) is 5.32 Å². The largest absolute Gasteiger partial charge is 0.497 e. The molecule has 1 aromatic carbocycles. The van der Waals surface area contributed by atoms with Gasteiger partial charge in [0.05, 0.1) is 7.11 Å². The number of methoxy groups -OCH3 is 1. The molecule has 0 aliphatic carbocycles. The van der Waals surface area contributed by atoms with Gasteiger partial charge in [0.1, 0.15) is 5.75 Å². The summed E-state index contributed by atoms with van der Waals surface area (Å²) >= 11 is 0. The fourth-order valence-corrected chi connectivity index (χ4v) is 1.82. The molecule has 5 heteroatoms. The van der Waals surface area contributed by atoms with Crippen molar-refractivity contribution in [2.24, 2.45) is 5.73 Å². The summed E-state index contributed by atoms with van der Waals surface area (Å²) in [6.45, 7) is 6.29. The highest BCUT2D eigenvalue weighted by molar-refractivity contribution is 5.85. The number of carbonyl (C=O) groups excluding carboxylic acids is 1. The highest BCUT2D eigenvalue weighted by atomic mass is 35.5. The third-order valence-electron chi connectivity index (χ3n) is 3.14. The van der Waals surface area contributed by atoms with E-state index in [-0.39, 0.29) is 29.8 Å². The molecule has 0 radical (unpaired) electrons. The van der Waals surface area contributed by atoms with E-state index in [1.165, 1.54) is 0 Å². The molecule has 1 unspecified atom stereocenters. The van der Waals surface area contributed by atoms with E-state index in [1.807, 2.05) is 45.0 Å². The fourth-order valence-electron chi connectivity index (χ4n) is 1.82. The molecule has 20 heavy (non-hydrogen) atoms. The minimum absolute atomic E-state index is 0. The molecular formula is C15H25ClN2O2. The summed E-state index contributed by atoms with van der Waals surface area (Å²) in [5.74, 6) is 0.974. The van der Waals surface area contributed by atoms with Gasteiger partial charge in [0.2, 0.25) is 5.91 Å². The van der Waals surface area contributed by atoms with Gasteiger partial charge in [-0.3, -0.25) is 4.79 Å². The van der Waals surface area contributed by atoms with Crippen LogP contribution >= 0.6 is 12.4 Å².